The summed E-state index contributed by atoms with van der Waals surface area (Å²) in [5.74, 6) is -1.33. The van der Waals surface area contributed by atoms with E-state index in [9.17, 15) is 9.59 Å². The SMILES string of the molecule is CC(=O)O.CC(=O)O.Cc1cccc(-c2ccccc2)c1.ICC[C@@H]1O[C@H](COCc2ccccc2)[C@@H](OCc2ccccc2)[C@H](OCc2ccccc2)[C@H]1OCc1ccccc1.O=C1C[C@@H](c2ccc(Br)cc2)N1c1ccccc1.O=C1C[C@@H](c2ccc(CC[C@@H]3O[C@H](COCc4ccccc4)[C@@H](OCc4ccccc4)[C@H](OCc4ccccc4)[C@H]3OCc3ccccc3)cc2)N1c1ccccc1.[Pd]. The van der Waals surface area contributed by atoms with Crippen molar-refractivity contribution in [2.24, 2.45) is 0 Å². The first-order chi connectivity index (χ1) is 68.1. The van der Waals surface area contributed by atoms with Crippen LogP contribution in [0.3, 0.4) is 0 Å². The maximum absolute atomic E-state index is 12.7. The summed E-state index contributed by atoms with van der Waals surface area (Å²) in [7, 11) is 0. The van der Waals surface area contributed by atoms with E-state index in [1.165, 1.54) is 27.8 Å². The molecule has 4 fully saturated rings. The molecule has 0 aromatic heterocycles. The fraction of sp³-hybridized carbons (Fsp3) is 0.261. The zero-order chi connectivity index (χ0) is 97.0. The fourth-order valence-electron chi connectivity index (χ4n) is 16.9. The van der Waals surface area contributed by atoms with Gasteiger partial charge in [-0.1, -0.05) is 414 Å². The summed E-state index contributed by atoms with van der Waals surface area (Å²) in [5.41, 5.74) is 18.0. The maximum atomic E-state index is 12.7. The quantitative estimate of drug-likeness (QED) is 0.0162. The molecule has 2 amide bonds. The van der Waals surface area contributed by atoms with Gasteiger partial charge < -0.3 is 67.4 Å². The van der Waals surface area contributed by atoms with Crippen molar-refractivity contribution in [3.8, 4) is 11.1 Å². The van der Waals surface area contributed by atoms with Crippen molar-refractivity contribution >= 4 is 73.6 Å². The number of alkyl halides is 1. The number of nitrogens with zero attached hydrogens (tertiary/aromatic N) is 2. The Morgan fingerprint density at radius 2 is 0.593 bits per heavy atom. The van der Waals surface area contributed by atoms with Crippen LogP contribution in [-0.2, 0) is 146 Å². The molecule has 4 heterocycles. The van der Waals surface area contributed by atoms with Crippen LogP contribution in [0, 0.1) is 6.92 Å². The summed E-state index contributed by atoms with van der Waals surface area (Å²) >= 11 is 5.84. The first-order valence-corrected chi connectivity index (χ1v) is 49.5. The Hall–Kier alpha value is -11.6. The number of hydrogen-bond acceptors (Lipinski definition) is 14. The zero-order valence-corrected chi connectivity index (χ0v) is 84.3. The molecule has 0 unspecified atom stereocenters. The van der Waals surface area contributed by atoms with E-state index in [2.05, 4.69) is 227 Å². The smallest absolute Gasteiger partial charge is 0.300 e. The molecule has 14 aromatic carbocycles. The van der Waals surface area contributed by atoms with Crippen LogP contribution in [0.1, 0.15) is 118 Å². The second-order valence-corrected chi connectivity index (χ2v) is 36.2. The van der Waals surface area contributed by atoms with Crippen LogP contribution in [0.15, 0.2) is 411 Å². The molecule has 0 bridgehead atoms. The van der Waals surface area contributed by atoms with Gasteiger partial charge in [0.25, 0.3) is 11.9 Å². The van der Waals surface area contributed by atoms with E-state index in [0.717, 1.165) is 97.0 Å². The van der Waals surface area contributed by atoms with Crippen molar-refractivity contribution in [2.45, 2.75) is 179 Å². The number of rotatable bonds is 36. The largest absolute Gasteiger partial charge is 0.481 e. The number of carboxylic acid groups (broad SMARTS) is 2. The van der Waals surface area contributed by atoms with Gasteiger partial charge in [0.1, 0.15) is 48.8 Å². The van der Waals surface area contributed by atoms with Gasteiger partial charge in [-0.2, -0.15) is 0 Å². The van der Waals surface area contributed by atoms with Gasteiger partial charge >= 0.3 is 0 Å². The number of amides is 2. The number of anilines is 2. The number of hydrogen-bond donors (Lipinski definition) is 2. The van der Waals surface area contributed by atoms with E-state index < -0.39 is 42.5 Å². The number of halogens is 2. The van der Waals surface area contributed by atoms with Gasteiger partial charge in [0.05, 0.1) is 103 Å². The number of carboxylic acids is 2. The zero-order valence-electron chi connectivity index (χ0n) is 79.0. The summed E-state index contributed by atoms with van der Waals surface area (Å²) < 4.78 is 69.3. The molecule has 0 spiro atoms. The molecule has 4 aliphatic rings. The Morgan fingerprint density at radius 1 is 0.329 bits per heavy atom. The van der Waals surface area contributed by atoms with Gasteiger partial charge in [-0.15, -0.1) is 0 Å². The third kappa shape index (κ3) is 34.4. The number of carbonyl (C=O) groups excluding carboxylic acids is 2. The number of β-lactam (4-membered cyclic amide) rings is 2. The molecule has 0 saturated carbocycles. The average molecular weight is 2150 g/mol. The van der Waals surface area contributed by atoms with Gasteiger partial charge in [0, 0.05) is 54.5 Å². The average Bonchev–Trinajstić information content (AvgIpc) is 0.769. The molecule has 12 atom stereocenters. The normalized spacial score (nSPS) is 19.3. The summed E-state index contributed by atoms with van der Waals surface area (Å²) in [5, 5.41) is 14.8. The molecule has 0 radical (unpaired) electrons. The Labute approximate surface area is 859 Å². The van der Waals surface area contributed by atoms with Crippen molar-refractivity contribution in [1.82, 2.24) is 0 Å². The molecular weight excluding hydrogens is 2030 g/mol. The molecule has 728 valence electrons. The third-order valence-electron chi connectivity index (χ3n) is 23.8. The molecule has 0 aliphatic carbocycles. The Balaban J connectivity index is 0.000000184. The van der Waals surface area contributed by atoms with Crippen LogP contribution in [0.2, 0.25) is 0 Å². The number of aliphatic carboxylic acids is 2. The monoisotopic (exact) mass is 2150 g/mol. The second kappa shape index (κ2) is 58.6. The van der Waals surface area contributed by atoms with E-state index in [1.807, 2.05) is 234 Å². The summed E-state index contributed by atoms with van der Waals surface area (Å²) in [6, 6.07) is 138. The van der Waals surface area contributed by atoms with Crippen molar-refractivity contribution in [3.63, 3.8) is 0 Å². The number of para-hydroxylation sites is 2. The summed E-state index contributed by atoms with van der Waals surface area (Å²) in [4.78, 5) is 46.2. The molecule has 2 N–H and O–H groups in total. The van der Waals surface area contributed by atoms with Crippen molar-refractivity contribution in [2.75, 3.05) is 27.4 Å². The Bertz CT molecular complexity index is 5860. The van der Waals surface area contributed by atoms with Crippen molar-refractivity contribution < 1.29 is 97.2 Å². The van der Waals surface area contributed by atoms with E-state index in [0.29, 0.717) is 85.3 Å². The van der Waals surface area contributed by atoms with Crippen molar-refractivity contribution in [3.05, 3.63) is 478 Å². The van der Waals surface area contributed by atoms with Gasteiger partial charge in [0.15, 0.2) is 0 Å². The van der Waals surface area contributed by atoms with Gasteiger partial charge in [0.2, 0.25) is 11.8 Å². The van der Waals surface area contributed by atoms with Crippen LogP contribution in [0.4, 0.5) is 11.4 Å². The summed E-state index contributed by atoms with van der Waals surface area (Å²) in [6.45, 7) is 8.54. The van der Waals surface area contributed by atoms with E-state index in [4.69, 9.17) is 67.2 Å². The first kappa shape index (κ1) is 107. The maximum Gasteiger partial charge on any atom is 0.300 e. The standard InChI is InChI=1S/C51H51NO6.C36H39IO5.C15H12BrNO.C13H12.2C2H4O2.Pd/c53-48-32-45(52(48)44-24-14-5-15-25-44)43-29-26-38(27-30-43)28-31-46-49(55-34-40-18-8-2-9-19-40)51(57-36-42-22-12-4-13-23-42)50(56-35-41-20-10-3-11-21-41)47(58-46)37-54-33-39-16-6-1-7-17-39;37-22-21-32-34(39-24-29-15-7-2-8-16-29)36(41-26-31-19-11-4-12-20-31)35(40-25-30-17-9-3-10-18-30)33(42-32)27-38-23-28-13-5-1-6-14-28;16-12-8-6-11(7-9-12)14-10-15(18)17(14)13-4-2-1-3-5-13;1-11-6-5-9-13(10-11)12-7-3-2-4-8-12;2*1-2(3)4;/h1-27,29-30,45-47,49-51H,28,31-37H2;1-20,32-36H,21-27H2;1-9,14H,10H2;2-10H,1H3;2*1H3,(H,3,4);/t45-,46-,47+,49-,50+,51+;32-,33+,34-,35+,36+;14-;;;;/m000..../s1. The first-order valence-electron chi connectivity index (χ1n) is 47.2. The predicted molar refractivity (Wildman–Crippen MR) is 558 cm³/mol. The molecule has 18 nitrogen and oxygen atoms in total. The topological polar surface area (TPSA) is 208 Å². The molecular formula is C119H122BrIN2O16Pd. The fourth-order valence-corrected chi connectivity index (χ4v) is 17.8. The molecule has 4 aliphatic heterocycles. The third-order valence-corrected chi connectivity index (χ3v) is 24.9. The Morgan fingerprint density at radius 3 is 0.893 bits per heavy atom. The van der Waals surface area contributed by atoms with Crippen molar-refractivity contribution in [1.29, 1.82) is 0 Å². The molecule has 140 heavy (non-hydrogen) atoms. The summed E-state index contributed by atoms with van der Waals surface area (Å²) in [6.07, 6.45) is -0.239. The van der Waals surface area contributed by atoms with Crippen LogP contribution >= 0.6 is 38.5 Å². The minimum atomic E-state index is -0.833. The van der Waals surface area contributed by atoms with E-state index in [1.54, 1.807) is 0 Å². The molecule has 4 saturated heterocycles. The van der Waals surface area contributed by atoms with Crippen LogP contribution in [0.25, 0.3) is 11.1 Å². The number of aryl methyl sites for hydroxylation is 2. The predicted octanol–water partition coefficient (Wildman–Crippen LogP) is 25.2. The minimum Gasteiger partial charge on any atom is -0.481 e. The second-order valence-electron chi connectivity index (χ2n) is 34.2. The molecule has 21 heteroatoms. The molecule has 14 aromatic rings. The van der Waals surface area contributed by atoms with Gasteiger partial charge in [-0.25, -0.2) is 0 Å². The van der Waals surface area contributed by atoms with E-state index >= 15 is 0 Å². The minimum absolute atomic E-state index is 0. The Kier molecular flexibility index (Phi) is 44.9. The van der Waals surface area contributed by atoms with Gasteiger partial charge in [-0.3, -0.25) is 19.2 Å². The van der Waals surface area contributed by atoms with E-state index in [-0.39, 0.29) is 74.8 Å². The van der Waals surface area contributed by atoms with Crippen LogP contribution < -0.4 is 9.80 Å². The molecule has 18 rings (SSSR count). The number of benzene rings is 14. The number of carbonyl (C=O) groups is 4. The van der Waals surface area contributed by atoms with Gasteiger partial charge in [-0.05, 0) is 135 Å². The number of ether oxygens (including phenoxy) is 10. The van der Waals surface area contributed by atoms with Crippen LogP contribution in [-0.4, -0.2) is 113 Å². The van der Waals surface area contributed by atoms with Crippen LogP contribution in [0.5, 0.6) is 0 Å².